The van der Waals surface area contributed by atoms with Crippen LogP contribution in [0.5, 0.6) is 0 Å². The molecule has 3 nitrogen and oxygen atoms in total. The second kappa shape index (κ2) is 5.21. The van der Waals surface area contributed by atoms with Crippen LogP contribution in [0, 0.1) is 35.0 Å². The van der Waals surface area contributed by atoms with Gasteiger partial charge in [-0.1, -0.05) is 6.42 Å². The molecule has 0 saturated heterocycles. The highest BCUT2D eigenvalue weighted by atomic mass is 16.5. The zero-order chi connectivity index (χ0) is 14.6. The SMILES string of the molecule is OC1CCC2CC[C@@H]3[C@H](CC[C@]4(C(O)O)CCC[C@@H]34)[C@H]2C1. The third kappa shape index (κ3) is 2.11. The first-order chi connectivity index (χ1) is 10.1. The summed E-state index contributed by atoms with van der Waals surface area (Å²) in [6, 6.07) is 0. The Morgan fingerprint density at radius 3 is 2.43 bits per heavy atom. The molecule has 4 aliphatic carbocycles. The molecule has 7 atom stereocenters. The van der Waals surface area contributed by atoms with Crippen LogP contribution >= 0.6 is 0 Å². The van der Waals surface area contributed by atoms with Gasteiger partial charge in [0.05, 0.1) is 6.10 Å². The van der Waals surface area contributed by atoms with Crippen molar-refractivity contribution in [2.24, 2.45) is 35.0 Å². The predicted octanol–water partition coefficient (Wildman–Crippen LogP) is 2.68. The molecule has 0 spiro atoms. The van der Waals surface area contributed by atoms with E-state index in [9.17, 15) is 15.3 Å². The lowest BCUT2D eigenvalue weighted by Crippen LogP contribution is -2.52. The van der Waals surface area contributed by atoms with Crippen LogP contribution in [0.3, 0.4) is 0 Å². The molecule has 0 bridgehead atoms. The molecule has 4 saturated carbocycles. The van der Waals surface area contributed by atoms with Gasteiger partial charge in [0.2, 0.25) is 0 Å². The first kappa shape index (κ1) is 14.5. The molecule has 3 heteroatoms. The van der Waals surface area contributed by atoms with E-state index in [2.05, 4.69) is 0 Å². The van der Waals surface area contributed by atoms with Crippen molar-refractivity contribution in [2.45, 2.75) is 76.6 Å². The van der Waals surface area contributed by atoms with Crippen LogP contribution in [-0.2, 0) is 0 Å². The molecule has 2 unspecified atom stereocenters. The lowest BCUT2D eigenvalue weighted by molar-refractivity contribution is -0.191. The van der Waals surface area contributed by atoms with Crippen molar-refractivity contribution in [3.63, 3.8) is 0 Å². The van der Waals surface area contributed by atoms with E-state index < -0.39 is 6.29 Å². The van der Waals surface area contributed by atoms with E-state index in [-0.39, 0.29) is 11.5 Å². The van der Waals surface area contributed by atoms with Gasteiger partial charge in [-0.2, -0.15) is 0 Å². The monoisotopic (exact) mass is 294 g/mol. The Kier molecular flexibility index (Phi) is 3.59. The summed E-state index contributed by atoms with van der Waals surface area (Å²) in [6.07, 6.45) is 10.2. The Bertz CT molecular complexity index is 396. The van der Waals surface area contributed by atoms with Gasteiger partial charge in [0, 0.05) is 5.41 Å². The Morgan fingerprint density at radius 2 is 1.62 bits per heavy atom. The maximum absolute atomic E-state index is 10.1. The number of rotatable bonds is 1. The molecule has 4 rings (SSSR count). The highest BCUT2D eigenvalue weighted by Gasteiger charge is 2.57. The van der Waals surface area contributed by atoms with E-state index in [0.29, 0.717) is 17.8 Å². The zero-order valence-electron chi connectivity index (χ0n) is 13.0. The Morgan fingerprint density at radius 1 is 0.810 bits per heavy atom. The van der Waals surface area contributed by atoms with Crippen molar-refractivity contribution in [1.29, 1.82) is 0 Å². The van der Waals surface area contributed by atoms with Crippen molar-refractivity contribution in [3.8, 4) is 0 Å². The first-order valence-corrected chi connectivity index (χ1v) is 9.16. The molecule has 0 aromatic rings. The topological polar surface area (TPSA) is 60.7 Å². The number of fused-ring (bicyclic) bond motifs is 5. The maximum Gasteiger partial charge on any atom is 0.157 e. The van der Waals surface area contributed by atoms with Gasteiger partial charge in [-0.3, -0.25) is 0 Å². The largest absolute Gasteiger partial charge is 0.393 e. The normalized spacial score (nSPS) is 53.1. The van der Waals surface area contributed by atoms with Crippen LogP contribution in [0.25, 0.3) is 0 Å². The molecule has 21 heavy (non-hydrogen) atoms. The average molecular weight is 294 g/mol. The van der Waals surface area contributed by atoms with Crippen LogP contribution in [0.1, 0.15) is 64.2 Å². The lowest BCUT2D eigenvalue weighted by Gasteiger charge is -2.56. The molecule has 0 amide bonds. The lowest BCUT2D eigenvalue weighted by atomic mass is 9.50. The Balaban J connectivity index is 1.59. The van der Waals surface area contributed by atoms with Crippen molar-refractivity contribution in [1.82, 2.24) is 0 Å². The molecule has 4 aliphatic rings. The van der Waals surface area contributed by atoms with Crippen molar-refractivity contribution < 1.29 is 15.3 Å². The molecule has 4 fully saturated rings. The second-order valence-corrected chi connectivity index (χ2v) is 8.44. The van der Waals surface area contributed by atoms with Gasteiger partial charge in [0.1, 0.15) is 0 Å². The van der Waals surface area contributed by atoms with Gasteiger partial charge >= 0.3 is 0 Å². The quantitative estimate of drug-likeness (QED) is 0.652. The summed E-state index contributed by atoms with van der Waals surface area (Å²) in [4.78, 5) is 0. The highest BCUT2D eigenvalue weighted by Crippen LogP contribution is 2.63. The van der Waals surface area contributed by atoms with Crippen molar-refractivity contribution in [3.05, 3.63) is 0 Å². The van der Waals surface area contributed by atoms with E-state index in [0.717, 1.165) is 43.9 Å². The molecular weight excluding hydrogens is 264 g/mol. The third-order valence-corrected chi connectivity index (χ3v) is 7.86. The molecule has 0 heterocycles. The van der Waals surface area contributed by atoms with Gasteiger partial charge in [-0.15, -0.1) is 0 Å². The average Bonchev–Trinajstić information content (AvgIpc) is 2.92. The fraction of sp³-hybridized carbons (Fsp3) is 1.00. The standard InChI is InChI=1S/C18H30O3/c19-12-5-3-11-4-6-14-13(15(11)10-12)7-9-18(17(20)21)8-1-2-16(14)18/h11-17,19-21H,1-10H2/t11?,12?,13-,14+,15-,16-,18+/m0/s1. The molecule has 3 N–H and O–H groups in total. The molecule has 120 valence electrons. The van der Waals surface area contributed by atoms with Crippen molar-refractivity contribution >= 4 is 0 Å². The van der Waals surface area contributed by atoms with Crippen LogP contribution in [-0.4, -0.2) is 27.7 Å². The van der Waals surface area contributed by atoms with Gasteiger partial charge in [0.25, 0.3) is 0 Å². The van der Waals surface area contributed by atoms with E-state index in [1.165, 1.54) is 32.1 Å². The van der Waals surface area contributed by atoms with E-state index in [4.69, 9.17) is 0 Å². The zero-order valence-corrected chi connectivity index (χ0v) is 13.0. The van der Waals surface area contributed by atoms with Crippen LogP contribution in [0.4, 0.5) is 0 Å². The Labute approximate surface area is 127 Å². The molecule has 0 aliphatic heterocycles. The highest BCUT2D eigenvalue weighted by molar-refractivity contribution is 5.05. The molecule has 0 aromatic heterocycles. The number of hydrogen-bond acceptors (Lipinski definition) is 3. The minimum atomic E-state index is -1.12. The van der Waals surface area contributed by atoms with Gasteiger partial charge in [-0.25, -0.2) is 0 Å². The first-order valence-electron chi connectivity index (χ1n) is 9.16. The van der Waals surface area contributed by atoms with Crippen molar-refractivity contribution in [2.75, 3.05) is 0 Å². The maximum atomic E-state index is 10.1. The predicted molar refractivity (Wildman–Crippen MR) is 80.3 cm³/mol. The van der Waals surface area contributed by atoms with Gasteiger partial charge in [-0.05, 0) is 87.4 Å². The second-order valence-electron chi connectivity index (χ2n) is 8.44. The molecule has 0 aromatic carbocycles. The molecular formula is C18H30O3. The summed E-state index contributed by atoms with van der Waals surface area (Å²) in [6.45, 7) is 0. The summed E-state index contributed by atoms with van der Waals surface area (Å²) >= 11 is 0. The van der Waals surface area contributed by atoms with Crippen LogP contribution in [0.15, 0.2) is 0 Å². The third-order valence-electron chi connectivity index (χ3n) is 7.86. The van der Waals surface area contributed by atoms with Gasteiger partial charge in [0.15, 0.2) is 6.29 Å². The van der Waals surface area contributed by atoms with Crippen LogP contribution < -0.4 is 0 Å². The summed E-state index contributed by atoms with van der Waals surface area (Å²) in [5.74, 6) is 3.50. The summed E-state index contributed by atoms with van der Waals surface area (Å²) < 4.78 is 0. The number of hydrogen-bond donors (Lipinski definition) is 3. The number of aliphatic hydroxyl groups excluding tert-OH is 2. The fourth-order valence-corrected chi connectivity index (χ4v) is 6.95. The Hall–Kier alpha value is -0.120. The summed E-state index contributed by atoms with van der Waals surface area (Å²) in [5.41, 5.74) is -0.193. The van der Waals surface area contributed by atoms with E-state index in [1.807, 2.05) is 0 Å². The fourth-order valence-electron chi connectivity index (χ4n) is 6.95. The van der Waals surface area contributed by atoms with Gasteiger partial charge < -0.3 is 15.3 Å². The van der Waals surface area contributed by atoms with E-state index >= 15 is 0 Å². The van der Waals surface area contributed by atoms with Crippen LogP contribution in [0.2, 0.25) is 0 Å². The summed E-state index contributed by atoms with van der Waals surface area (Å²) in [5, 5.41) is 30.1. The van der Waals surface area contributed by atoms with E-state index in [1.54, 1.807) is 0 Å². The minimum absolute atomic E-state index is 0.0799. The minimum Gasteiger partial charge on any atom is -0.393 e. The molecule has 0 radical (unpaired) electrons. The number of aliphatic hydroxyl groups is 3. The summed E-state index contributed by atoms with van der Waals surface area (Å²) in [7, 11) is 0. The smallest absolute Gasteiger partial charge is 0.157 e.